The minimum absolute atomic E-state index is 0.222. The second-order valence-electron chi connectivity index (χ2n) is 5.79. The van der Waals surface area contributed by atoms with Crippen LogP contribution in [0.2, 0.25) is 0 Å². The van der Waals surface area contributed by atoms with Crippen LogP contribution < -0.4 is 19.5 Å². The summed E-state index contributed by atoms with van der Waals surface area (Å²) in [4.78, 5) is 12.1. The molecule has 2 aromatic carbocycles. The number of carbonyl (C=O) groups excluding carboxylic acids is 1. The molecule has 0 fully saturated rings. The molecule has 0 bridgehead atoms. The minimum atomic E-state index is -0.222. The Morgan fingerprint density at radius 1 is 1.15 bits per heavy atom. The molecule has 144 valence electrons. The lowest BCUT2D eigenvalue weighted by Crippen LogP contribution is -2.07. The van der Waals surface area contributed by atoms with Crippen LogP contribution in [0.15, 0.2) is 46.9 Å². The van der Waals surface area contributed by atoms with E-state index in [0.29, 0.717) is 23.8 Å². The van der Waals surface area contributed by atoms with Gasteiger partial charge in [-0.05, 0) is 70.4 Å². The molecule has 0 heterocycles. The number of hydrogen-bond donors (Lipinski definition) is 1. The van der Waals surface area contributed by atoms with Gasteiger partial charge in [0, 0.05) is 11.8 Å². The molecule has 0 aliphatic carbocycles. The normalized spacial score (nSPS) is 10.7. The first-order valence-electron chi connectivity index (χ1n) is 8.70. The van der Waals surface area contributed by atoms with Crippen molar-refractivity contribution in [3.05, 3.63) is 52.5 Å². The van der Waals surface area contributed by atoms with Gasteiger partial charge in [0.05, 0.1) is 25.3 Å². The Morgan fingerprint density at radius 3 is 2.52 bits per heavy atom. The molecular formula is C21H24BrNO4. The summed E-state index contributed by atoms with van der Waals surface area (Å²) < 4.78 is 16.9. The number of ether oxygens (including phenoxy) is 3. The number of nitrogens with one attached hydrogen (secondary N) is 1. The molecule has 27 heavy (non-hydrogen) atoms. The minimum Gasteiger partial charge on any atom is -0.494 e. The zero-order valence-electron chi connectivity index (χ0n) is 15.8. The predicted octanol–water partition coefficient (Wildman–Crippen LogP) is 5.30. The fourth-order valence-corrected chi connectivity index (χ4v) is 2.98. The molecule has 0 radical (unpaired) electrons. The molecule has 0 atom stereocenters. The fourth-order valence-electron chi connectivity index (χ4n) is 2.36. The topological polar surface area (TPSA) is 56.8 Å². The van der Waals surface area contributed by atoms with E-state index in [-0.39, 0.29) is 5.91 Å². The largest absolute Gasteiger partial charge is 0.494 e. The highest BCUT2D eigenvalue weighted by Gasteiger charge is 2.09. The van der Waals surface area contributed by atoms with Gasteiger partial charge in [0.25, 0.3) is 0 Å². The van der Waals surface area contributed by atoms with Crippen molar-refractivity contribution < 1.29 is 19.0 Å². The molecule has 5 nitrogen and oxygen atoms in total. The molecule has 1 N–H and O–H groups in total. The first-order valence-corrected chi connectivity index (χ1v) is 9.50. The summed E-state index contributed by atoms with van der Waals surface area (Å²) in [5, 5.41) is 2.82. The Bertz CT molecular complexity index is 788. The maximum absolute atomic E-state index is 12.1. The van der Waals surface area contributed by atoms with E-state index in [0.717, 1.165) is 28.6 Å². The summed E-state index contributed by atoms with van der Waals surface area (Å²) in [5.74, 6) is 1.78. The molecule has 0 aromatic heterocycles. The van der Waals surface area contributed by atoms with Gasteiger partial charge in [-0.1, -0.05) is 13.3 Å². The van der Waals surface area contributed by atoms with Crippen LogP contribution in [0.25, 0.3) is 6.08 Å². The summed E-state index contributed by atoms with van der Waals surface area (Å²) in [7, 11) is 3.14. The van der Waals surface area contributed by atoms with E-state index in [1.807, 2.05) is 30.3 Å². The molecule has 0 saturated heterocycles. The van der Waals surface area contributed by atoms with Crippen molar-refractivity contribution in [3.8, 4) is 17.2 Å². The number of carbonyl (C=O) groups is 1. The standard InChI is InChI=1S/C21H24BrNO4/c1-4-5-12-27-17-9-7-16(8-10-17)23-20(24)11-6-15-13-18(22)21(26-3)19(14-15)25-2/h6-11,13-14H,4-5,12H2,1-3H3,(H,23,24). The Labute approximate surface area is 168 Å². The van der Waals surface area contributed by atoms with E-state index in [1.165, 1.54) is 6.08 Å². The maximum atomic E-state index is 12.1. The van der Waals surface area contributed by atoms with Crippen molar-refractivity contribution >= 4 is 33.6 Å². The number of amides is 1. The highest BCUT2D eigenvalue weighted by Crippen LogP contribution is 2.36. The average Bonchev–Trinajstić information content (AvgIpc) is 2.67. The molecule has 2 rings (SSSR count). The van der Waals surface area contributed by atoms with Crippen LogP contribution in [0.1, 0.15) is 25.3 Å². The van der Waals surface area contributed by atoms with E-state index in [4.69, 9.17) is 14.2 Å². The fraction of sp³-hybridized carbons (Fsp3) is 0.286. The number of hydrogen-bond acceptors (Lipinski definition) is 4. The lowest BCUT2D eigenvalue weighted by atomic mass is 10.2. The molecule has 0 unspecified atom stereocenters. The van der Waals surface area contributed by atoms with Crippen LogP contribution in [0.4, 0.5) is 5.69 Å². The van der Waals surface area contributed by atoms with Gasteiger partial charge in [-0.2, -0.15) is 0 Å². The SMILES string of the molecule is CCCCOc1ccc(NC(=O)C=Cc2cc(Br)c(OC)c(OC)c2)cc1. The molecule has 2 aromatic rings. The van der Waals surface area contributed by atoms with Crippen LogP contribution in [-0.2, 0) is 4.79 Å². The Kier molecular flexibility index (Phi) is 8.20. The van der Waals surface area contributed by atoms with Crippen molar-refractivity contribution in [3.63, 3.8) is 0 Å². The molecule has 0 aliphatic heterocycles. The summed E-state index contributed by atoms with van der Waals surface area (Å²) in [6.45, 7) is 2.82. The molecule has 1 amide bonds. The third-order valence-electron chi connectivity index (χ3n) is 3.77. The first-order chi connectivity index (χ1) is 13.1. The smallest absolute Gasteiger partial charge is 0.248 e. The molecular weight excluding hydrogens is 410 g/mol. The van der Waals surface area contributed by atoms with Gasteiger partial charge in [-0.25, -0.2) is 0 Å². The second-order valence-corrected chi connectivity index (χ2v) is 6.64. The van der Waals surface area contributed by atoms with E-state index in [2.05, 4.69) is 28.2 Å². The van der Waals surface area contributed by atoms with Gasteiger partial charge in [0.1, 0.15) is 5.75 Å². The lowest BCUT2D eigenvalue weighted by molar-refractivity contribution is -0.111. The van der Waals surface area contributed by atoms with Crippen LogP contribution >= 0.6 is 15.9 Å². The van der Waals surface area contributed by atoms with Gasteiger partial charge in [0.15, 0.2) is 11.5 Å². The van der Waals surface area contributed by atoms with Crippen LogP contribution in [0, 0.1) is 0 Å². The number of benzene rings is 2. The zero-order chi connectivity index (χ0) is 19.6. The number of rotatable bonds is 9. The summed E-state index contributed by atoms with van der Waals surface area (Å²) >= 11 is 3.44. The van der Waals surface area contributed by atoms with Gasteiger partial charge >= 0.3 is 0 Å². The predicted molar refractivity (Wildman–Crippen MR) is 112 cm³/mol. The Balaban J connectivity index is 1.98. The van der Waals surface area contributed by atoms with Gasteiger partial charge in [-0.3, -0.25) is 4.79 Å². The van der Waals surface area contributed by atoms with E-state index in [1.54, 1.807) is 26.4 Å². The molecule has 0 spiro atoms. The van der Waals surface area contributed by atoms with Gasteiger partial charge < -0.3 is 19.5 Å². The number of anilines is 1. The lowest BCUT2D eigenvalue weighted by Gasteiger charge is -2.10. The summed E-state index contributed by atoms with van der Waals surface area (Å²) in [5.41, 5.74) is 1.52. The maximum Gasteiger partial charge on any atom is 0.248 e. The van der Waals surface area contributed by atoms with Crippen molar-refractivity contribution in [2.45, 2.75) is 19.8 Å². The monoisotopic (exact) mass is 433 g/mol. The third-order valence-corrected chi connectivity index (χ3v) is 4.36. The summed E-state index contributed by atoms with van der Waals surface area (Å²) in [6.07, 6.45) is 5.30. The highest BCUT2D eigenvalue weighted by molar-refractivity contribution is 9.10. The molecule has 6 heteroatoms. The third kappa shape index (κ3) is 6.32. The molecule has 0 saturated carbocycles. The van der Waals surface area contributed by atoms with Crippen molar-refractivity contribution in [2.75, 3.05) is 26.1 Å². The number of methoxy groups -OCH3 is 2. The average molecular weight is 434 g/mol. The van der Waals surface area contributed by atoms with E-state index >= 15 is 0 Å². The van der Waals surface area contributed by atoms with Crippen molar-refractivity contribution in [2.24, 2.45) is 0 Å². The van der Waals surface area contributed by atoms with Gasteiger partial charge in [0.2, 0.25) is 5.91 Å². The number of unbranched alkanes of at least 4 members (excludes halogenated alkanes) is 1. The number of halogens is 1. The Morgan fingerprint density at radius 2 is 1.89 bits per heavy atom. The van der Waals surface area contributed by atoms with Gasteiger partial charge in [-0.15, -0.1) is 0 Å². The van der Waals surface area contributed by atoms with E-state index < -0.39 is 0 Å². The van der Waals surface area contributed by atoms with E-state index in [9.17, 15) is 4.79 Å². The second kappa shape index (κ2) is 10.6. The quantitative estimate of drug-likeness (QED) is 0.430. The first kappa shape index (κ1) is 20.8. The van der Waals surface area contributed by atoms with Crippen molar-refractivity contribution in [1.82, 2.24) is 0 Å². The van der Waals surface area contributed by atoms with Crippen molar-refractivity contribution in [1.29, 1.82) is 0 Å². The molecule has 0 aliphatic rings. The summed E-state index contributed by atoms with van der Waals surface area (Å²) in [6, 6.07) is 11.0. The highest BCUT2D eigenvalue weighted by atomic mass is 79.9. The van der Waals surface area contributed by atoms with Crippen LogP contribution in [0.3, 0.4) is 0 Å². The van der Waals surface area contributed by atoms with Crippen LogP contribution in [0.5, 0.6) is 17.2 Å². The van der Waals surface area contributed by atoms with Crippen LogP contribution in [-0.4, -0.2) is 26.7 Å². The zero-order valence-corrected chi connectivity index (χ0v) is 17.3. The Hall–Kier alpha value is -2.47.